The van der Waals surface area contributed by atoms with Gasteiger partial charge in [0.05, 0.1) is 10.5 Å². The number of halogens is 1. The molecule has 1 fully saturated rings. The van der Waals surface area contributed by atoms with E-state index in [4.69, 9.17) is 20.3 Å². The third kappa shape index (κ3) is 5.20. The van der Waals surface area contributed by atoms with E-state index in [0.29, 0.717) is 5.56 Å². The Bertz CT molecular complexity index is 958. The zero-order chi connectivity index (χ0) is 21.7. The highest BCUT2D eigenvalue weighted by atomic mass is 32.2. The molecule has 2 heterocycles. The van der Waals surface area contributed by atoms with Crippen LogP contribution in [0.4, 0.5) is 19.8 Å². The van der Waals surface area contributed by atoms with Crippen LogP contribution in [0.3, 0.4) is 0 Å². The number of carboxylic acid groups (broad SMARTS) is 1. The van der Waals surface area contributed by atoms with E-state index in [1.807, 2.05) is 0 Å². The molecule has 0 spiro atoms. The van der Waals surface area contributed by atoms with E-state index in [1.54, 1.807) is 30.3 Å². The molecule has 4 N–H and O–H groups in total. The van der Waals surface area contributed by atoms with Crippen molar-refractivity contribution in [3.05, 3.63) is 58.1 Å². The molecule has 1 aliphatic heterocycles. The number of nitrogens with one attached hydrogen (secondary N) is 1. The molecule has 0 amide bonds. The molecule has 4 atom stereocenters. The maximum absolute atomic E-state index is 15.2. The second-order valence-corrected chi connectivity index (χ2v) is 7.67. The molecular weight excluding hydrogens is 421 g/mol. The van der Waals surface area contributed by atoms with Crippen molar-refractivity contribution < 1.29 is 33.3 Å². The van der Waals surface area contributed by atoms with Crippen molar-refractivity contribution >= 4 is 29.9 Å². The number of benzene rings is 1. The molecule has 2 aromatic rings. The average molecular weight is 439 g/mol. The Morgan fingerprint density at radius 3 is 2.67 bits per heavy atom. The quantitative estimate of drug-likeness (QED) is 0.571. The number of ether oxygens (including phenoxy) is 3. The van der Waals surface area contributed by atoms with Gasteiger partial charge in [-0.25, -0.2) is 23.8 Å². The molecule has 30 heavy (non-hydrogen) atoms. The van der Waals surface area contributed by atoms with E-state index >= 15 is 4.39 Å². The molecule has 12 heteroatoms. The van der Waals surface area contributed by atoms with Gasteiger partial charge in [-0.15, -0.1) is 11.8 Å². The molecule has 0 radical (unpaired) electrons. The summed E-state index contributed by atoms with van der Waals surface area (Å²) in [5, 5.41) is 6.92. The molecule has 160 valence electrons. The lowest BCUT2D eigenvalue weighted by Gasteiger charge is -2.20. The van der Waals surface area contributed by atoms with Gasteiger partial charge < -0.3 is 25.1 Å². The number of nitrogen functional groups attached to an aromatic ring is 1. The van der Waals surface area contributed by atoms with Crippen molar-refractivity contribution in [2.75, 3.05) is 12.3 Å². The van der Waals surface area contributed by atoms with E-state index in [9.17, 15) is 14.4 Å². The summed E-state index contributed by atoms with van der Waals surface area (Å²) in [6.07, 6.45) is -4.68. The molecular formula is C18H18FN3O7S. The van der Waals surface area contributed by atoms with Gasteiger partial charge in [-0.2, -0.15) is 0 Å². The maximum atomic E-state index is 15.2. The van der Waals surface area contributed by atoms with Gasteiger partial charge in [-0.1, -0.05) is 30.3 Å². The van der Waals surface area contributed by atoms with Crippen LogP contribution in [0.5, 0.6) is 0 Å². The Morgan fingerprint density at radius 1 is 1.27 bits per heavy atom. The zero-order valence-electron chi connectivity index (χ0n) is 15.4. The number of nitrogens with zero attached hydrogens (tertiary/aromatic N) is 1. The fourth-order valence-corrected chi connectivity index (χ4v) is 4.42. The highest BCUT2D eigenvalue weighted by molar-refractivity contribution is 8.00. The number of hydrogen-bond donors (Lipinski definition) is 3. The number of thioether (sulfide) groups is 1. The van der Waals surface area contributed by atoms with Crippen molar-refractivity contribution in [1.82, 2.24) is 9.97 Å². The van der Waals surface area contributed by atoms with Gasteiger partial charge in [0.25, 0.3) is 0 Å². The molecule has 0 bridgehead atoms. The second kappa shape index (κ2) is 9.48. The summed E-state index contributed by atoms with van der Waals surface area (Å²) in [5.74, 6) is -0.0830. The van der Waals surface area contributed by atoms with Crippen LogP contribution in [0.2, 0.25) is 0 Å². The minimum atomic E-state index is -1.78. The minimum Gasteiger partial charge on any atom is -0.450 e. The highest BCUT2D eigenvalue weighted by Gasteiger charge is 2.49. The maximum Gasteiger partial charge on any atom is 0.509 e. The fourth-order valence-electron chi connectivity index (χ4n) is 2.90. The van der Waals surface area contributed by atoms with Crippen molar-refractivity contribution in [2.45, 2.75) is 29.4 Å². The highest BCUT2D eigenvalue weighted by Crippen LogP contribution is 2.49. The molecule has 1 aromatic heterocycles. The molecule has 0 aliphatic carbocycles. The number of H-pyrrole nitrogens is 1. The molecule has 1 aromatic carbocycles. The van der Waals surface area contributed by atoms with Gasteiger partial charge in [-0.3, -0.25) is 4.98 Å². The SMILES string of the molecule is Nc1[nH]c(=O)ncc1C1S[C@H](COC(=O)O)[C@@H](OC(=O)OCc2ccccc2)[C@@H]1F. The lowest BCUT2D eigenvalue weighted by molar-refractivity contribution is -0.0134. The Balaban J connectivity index is 1.72. The molecule has 3 rings (SSSR count). The van der Waals surface area contributed by atoms with Crippen LogP contribution in [0.25, 0.3) is 0 Å². The van der Waals surface area contributed by atoms with Gasteiger partial charge in [0, 0.05) is 11.8 Å². The normalized spacial score (nSPS) is 23.0. The Hall–Kier alpha value is -3.28. The van der Waals surface area contributed by atoms with Gasteiger partial charge in [0.15, 0.2) is 12.3 Å². The number of hydrogen-bond acceptors (Lipinski definition) is 9. The number of aromatic amines is 1. The first-order chi connectivity index (χ1) is 14.3. The summed E-state index contributed by atoms with van der Waals surface area (Å²) in [6.45, 7) is -0.503. The van der Waals surface area contributed by atoms with Gasteiger partial charge in [-0.05, 0) is 5.56 Å². The molecule has 0 saturated carbocycles. The van der Waals surface area contributed by atoms with Crippen LogP contribution in [0.1, 0.15) is 16.4 Å². The number of carbonyl (C=O) groups excluding carboxylic acids is 1. The molecule has 1 saturated heterocycles. The van der Waals surface area contributed by atoms with Gasteiger partial charge >= 0.3 is 18.0 Å². The average Bonchev–Trinajstić information content (AvgIpc) is 3.01. The number of anilines is 1. The fraction of sp³-hybridized carbons (Fsp3) is 0.333. The number of carbonyl (C=O) groups is 2. The first-order valence-electron chi connectivity index (χ1n) is 8.72. The predicted molar refractivity (Wildman–Crippen MR) is 104 cm³/mol. The Labute approximate surface area is 173 Å². The summed E-state index contributed by atoms with van der Waals surface area (Å²) in [4.78, 5) is 39.9. The predicted octanol–water partition coefficient (Wildman–Crippen LogP) is 2.26. The van der Waals surface area contributed by atoms with Crippen molar-refractivity contribution in [3.8, 4) is 0 Å². The standard InChI is InChI=1S/C18H18FN3O7S/c19-12-13(29-18(26)28-7-9-4-2-1-3-5-9)11(8-27-17(24)25)30-14(12)10-6-21-16(23)22-15(10)20/h1-6,11-14H,7-8H2,(H,24,25)(H3,20,21,22,23)/t11-,12+,13-,14?/m1/s1. The van der Waals surface area contributed by atoms with Crippen LogP contribution in [-0.2, 0) is 20.8 Å². The van der Waals surface area contributed by atoms with E-state index in [0.717, 1.165) is 18.0 Å². The second-order valence-electron chi connectivity index (χ2n) is 6.28. The smallest absolute Gasteiger partial charge is 0.450 e. The van der Waals surface area contributed by atoms with Crippen LogP contribution < -0.4 is 11.4 Å². The van der Waals surface area contributed by atoms with Crippen LogP contribution in [0.15, 0.2) is 41.3 Å². The van der Waals surface area contributed by atoms with Crippen molar-refractivity contribution in [2.24, 2.45) is 0 Å². The minimum absolute atomic E-state index is 0.0764. The lowest BCUT2D eigenvalue weighted by Crippen LogP contribution is -2.36. The Kier molecular flexibility index (Phi) is 6.77. The number of alkyl halides is 1. The van der Waals surface area contributed by atoms with Crippen molar-refractivity contribution in [1.29, 1.82) is 0 Å². The third-order valence-electron chi connectivity index (χ3n) is 4.27. The summed E-state index contributed by atoms with van der Waals surface area (Å²) in [5.41, 5.74) is 5.96. The first kappa shape index (κ1) is 21.4. The van der Waals surface area contributed by atoms with E-state index in [1.165, 1.54) is 0 Å². The molecule has 10 nitrogen and oxygen atoms in total. The molecule has 1 unspecified atom stereocenters. The van der Waals surface area contributed by atoms with E-state index < -0.39 is 47.4 Å². The summed E-state index contributed by atoms with van der Waals surface area (Å²) in [6, 6.07) is 8.81. The summed E-state index contributed by atoms with van der Waals surface area (Å²) >= 11 is 0.960. The van der Waals surface area contributed by atoms with E-state index in [2.05, 4.69) is 14.7 Å². The van der Waals surface area contributed by atoms with E-state index in [-0.39, 0.29) is 18.0 Å². The zero-order valence-corrected chi connectivity index (χ0v) is 16.2. The summed E-state index contributed by atoms with van der Waals surface area (Å²) in [7, 11) is 0. The van der Waals surface area contributed by atoms with Crippen LogP contribution in [-0.4, -0.2) is 51.5 Å². The van der Waals surface area contributed by atoms with Gasteiger partial charge in [0.2, 0.25) is 0 Å². The van der Waals surface area contributed by atoms with Crippen molar-refractivity contribution in [3.63, 3.8) is 0 Å². The lowest BCUT2D eigenvalue weighted by atomic mass is 10.0. The van der Waals surface area contributed by atoms with Crippen LogP contribution >= 0.6 is 11.8 Å². The molecule has 1 aliphatic rings. The Morgan fingerprint density at radius 2 is 2.00 bits per heavy atom. The van der Waals surface area contributed by atoms with Gasteiger partial charge in [0.1, 0.15) is 19.0 Å². The number of rotatable bonds is 6. The number of nitrogens with two attached hydrogens (primary N) is 1. The third-order valence-corrected chi connectivity index (χ3v) is 5.83. The monoisotopic (exact) mass is 439 g/mol. The topological polar surface area (TPSA) is 154 Å². The largest absolute Gasteiger partial charge is 0.509 e. The first-order valence-corrected chi connectivity index (χ1v) is 9.66. The summed E-state index contributed by atoms with van der Waals surface area (Å²) < 4.78 is 29.9. The number of aromatic nitrogens is 2. The van der Waals surface area contributed by atoms with Crippen LogP contribution in [0, 0.1) is 0 Å².